The van der Waals surface area contributed by atoms with E-state index in [1.807, 2.05) is 6.07 Å². The Morgan fingerprint density at radius 1 is 1.28 bits per heavy atom. The van der Waals surface area contributed by atoms with Crippen LogP contribution in [0.4, 0.5) is 17.3 Å². The molecule has 12 heteroatoms. The summed E-state index contributed by atoms with van der Waals surface area (Å²) in [5.41, 5.74) is 1.06. The highest BCUT2D eigenvalue weighted by molar-refractivity contribution is 7.91. The normalized spacial score (nSPS) is 13.4. The maximum Gasteiger partial charge on any atom is 0.253 e. The van der Waals surface area contributed by atoms with Crippen molar-refractivity contribution in [2.75, 3.05) is 17.2 Å². The number of thiophene rings is 1. The van der Waals surface area contributed by atoms with Gasteiger partial charge < -0.3 is 20.2 Å². The topological polar surface area (TPSA) is 129 Å². The van der Waals surface area contributed by atoms with Crippen molar-refractivity contribution in [1.82, 2.24) is 13.5 Å². The van der Waals surface area contributed by atoms with Crippen LogP contribution in [0.3, 0.4) is 0 Å². The molecular formula is C17H23N5O4S3. The molecule has 0 aromatic carbocycles. The number of furan rings is 1. The largest absolute Gasteiger partial charge is 0.504 e. The van der Waals surface area contributed by atoms with Crippen LogP contribution in [0.5, 0.6) is 5.75 Å². The van der Waals surface area contributed by atoms with Crippen LogP contribution in [-0.4, -0.2) is 28.8 Å². The lowest BCUT2D eigenvalue weighted by molar-refractivity contribution is 0.345. The molecule has 0 aliphatic heterocycles. The molecule has 29 heavy (non-hydrogen) atoms. The highest BCUT2D eigenvalue weighted by atomic mass is 32.2. The fraction of sp³-hybridized carbons (Fsp3) is 0.412. The SMILES string of the molecule is CCNS(=O)(=O)c1scc(Nc2nsnc2N[C@@H](c2ccoc2)C(C)(C)C)c1O. The third-order valence-corrected chi connectivity index (χ3v) is 7.66. The van der Waals surface area contributed by atoms with E-state index < -0.39 is 10.0 Å². The Kier molecular flexibility index (Phi) is 6.17. The predicted molar refractivity (Wildman–Crippen MR) is 115 cm³/mol. The minimum absolute atomic E-state index is 0.105. The number of sulfonamides is 1. The molecule has 0 bridgehead atoms. The third kappa shape index (κ3) is 4.71. The predicted octanol–water partition coefficient (Wildman–Crippen LogP) is 4.14. The quantitative estimate of drug-likeness (QED) is 0.397. The van der Waals surface area contributed by atoms with Crippen molar-refractivity contribution < 1.29 is 17.9 Å². The van der Waals surface area contributed by atoms with Crippen molar-refractivity contribution in [3.63, 3.8) is 0 Å². The number of aromatic nitrogens is 2. The molecule has 0 aliphatic carbocycles. The maximum absolute atomic E-state index is 12.2. The smallest absolute Gasteiger partial charge is 0.253 e. The summed E-state index contributed by atoms with van der Waals surface area (Å²) < 4.78 is 40.4. The first-order chi connectivity index (χ1) is 13.6. The van der Waals surface area contributed by atoms with Crippen LogP contribution in [0.2, 0.25) is 0 Å². The number of hydrogen-bond donors (Lipinski definition) is 4. The zero-order chi connectivity index (χ0) is 21.2. The van der Waals surface area contributed by atoms with Gasteiger partial charge in [-0.1, -0.05) is 27.7 Å². The van der Waals surface area contributed by atoms with Gasteiger partial charge in [-0.2, -0.15) is 8.75 Å². The molecule has 0 saturated carbocycles. The number of hydrogen-bond acceptors (Lipinski definition) is 10. The summed E-state index contributed by atoms with van der Waals surface area (Å²) >= 11 is 1.93. The first-order valence-electron chi connectivity index (χ1n) is 8.81. The maximum atomic E-state index is 12.2. The minimum Gasteiger partial charge on any atom is -0.504 e. The third-order valence-electron chi connectivity index (χ3n) is 4.08. The molecule has 158 valence electrons. The van der Waals surface area contributed by atoms with E-state index in [-0.39, 0.29) is 33.6 Å². The number of anilines is 3. The van der Waals surface area contributed by atoms with Crippen LogP contribution in [0.1, 0.15) is 39.3 Å². The molecule has 1 atom stereocenters. The molecule has 0 radical (unpaired) electrons. The van der Waals surface area contributed by atoms with Gasteiger partial charge in [-0.15, -0.1) is 11.3 Å². The average molecular weight is 458 g/mol. The highest BCUT2D eigenvalue weighted by Crippen LogP contribution is 2.41. The molecule has 3 aromatic rings. The van der Waals surface area contributed by atoms with E-state index in [2.05, 4.69) is 44.9 Å². The zero-order valence-electron chi connectivity index (χ0n) is 16.4. The second kappa shape index (κ2) is 8.30. The van der Waals surface area contributed by atoms with Gasteiger partial charge in [0.1, 0.15) is 0 Å². The van der Waals surface area contributed by atoms with Crippen molar-refractivity contribution in [2.45, 2.75) is 37.9 Å². The molecule has 3 rings (SSSR count). The molecule has 0 unspecified atom stereocenters. The molecule has 9 nitrogen and oxygen atoms in total. The van der Waals surface area contributed by atoms with Crippen LogP contribution in [0.25, 0.3) is 0 Å². The van der Waals surface area contributed by atoms with E-state index in [4.69, 9.17) is 4.42 Å². The fourth-order valence-corrected chi connectivity index (χ4v) is 5.53. The Labute approximate surface area is 177 Å². The second-order valence-corrected chi connectivity index (χ2v) is 10.7. The average Bonchev–Trinajstić information content (AvgIpc) is 3.35. The van der Waals surface area contributed by atoms with Gasteiger partial charge in [0.15, 0.2) is 21.6 Å². The monoisotopic (exact) mass is 457 g/mol. The molecule has 3 aromatic heterocycles. The van der Waals surface area contributed by atoms with E-state index in [9.17, 15) is 13.5 Å². The van der Waals surface area contributed by atoms with Crippen molar-refractivity contribution in [3.8, 4) is 5.75 Å². The number of rotatable bonds is 8. The fourth-order valence-electron chi connectivity index (χ4n) is 2.74. The van der Waals surface area contributed by atoms with Gasteiger partial charge in [0.25, 0.3) is 10.0 Å². The lowest BCUT2D eigenvalue weighted by atomic mass is 9.83. The summed E-state index contributed by atoms with van der Waals surface area (Å²) in [6.07, 6.45) is 3.29. The summed E-state index contributed by atoms with van der Waals surface area (Å²) in [6, 6.07) is 1.78. The van der Waals surface area contributed by atoms with E-state index in [0.29, 0.717) is 11.6 Å². The van der Waals surface area contributed by atoms with Crippen molar-refractivity contribution >= 4 is 50.4 Å². The van der Waals surface area contributed by atoms with E-state index in [1.165, 1.54) is 5.38 Å². The van der Waals surface area contributed by atoms with E-state index in [0.717, 1.165) is 28.6 Å². The van der Waals surface area contributed by atoms with Gasteiger partial charge in [-0.25, -0.2) is 13.1 Å². The van der Waals surface area contributed by atoms with Crippen LogP contribution in [-0.2, 0) is 10.0 Å². The molecule has 0 amide bonds. The summed E-state index contributed by atoms with van der Waals surface area (Å²) in [7, 11) is -3.76. The van der Waals surface area contributed by atoms with Crippen LogP contribution in [0.15, 0.2) is 32.6 Å². The summed E-state index contributed by atoms with van der Waals surface area (Å²) in [5.74, 6) is 0.545. The zero-order valence-corrected chi connectivity index (χ0v) is 18.8. The summed E-state index contributed by atoms with van der Waals surface area (Å²) in [6.45, 7) is 8.17. The molecule has 0 saturated heterocycles. The Hall–Kier alpha value is -2.15. The van der Waals surface area contributed by atoms with Crippen LogP contribution < -0.4 is 15.4 Å². The molecule has 3 heterocycles. The van der Waals surface area contributed by atoms with Crippen LogP contribution >= 0.6 is 23.1 Å². The lowest BCUT2D eigenvalue weighted by Gasteiger charge is -2.31. The molecule has 0 fully saturated rings. The number of nitrogens with zero attached hydrogens (tertiary/aromatic N) is 2. The summed E-state index contributed by atoms with van der Waals surface area (Å²) in [5, 5.41) is 18.3. The summed E-state index contributed by atoms with van der Waals surface area (Å²) in [4.78, 5) is 0. The Balaban J connectivity index is 1.86. The highest BCUT2D eigenvalue weighted by Gasteiger charge is 2.29. The number of nitrogens with one attached hydrogen (secondary N) is 3. The molecular weight excluding hydrogens is 434 g/mol. The lowest BCUT2D eigenvalue weighted by Crippen LogP contribution is -2.25. The van der Waals surface area contributed by atoms with E-state index in [1.54, 1.807) is 19.5 Å². The molecule has 0 spiro atoms. The van der Waals surface area contributed by atoms with Gasteiger partial charge in [-0.3, -0.25) is 0 Å². The van der Waals surface area contributed by atoms with Crippen LogP contribution in [0, 0.1) is 5.41 Å². The van der Waals surface area contributed by atoms with Gasteiger partial charge >= 0.3 is 0 Å². The first-order valence-corrected chi connectivity index (χ1v) is 11.9. The first kappa shape index (κ1) is 21.6. The van der Waals surface area contributed by atoms with Gasteiger partial charge in [0.05, 0.1) is 36.0 Å². The number of aromatic hydroxyl groups is 1. The Bertz CT molecular complexity index is 1050. The Morgan fingerprint density at radius 3 is 2.62 bits per heavy atom. The van der Waals surface area contributed by atoms with Gasteiger partial charge in [-0.05, 0) is 11.5 Å². The van der Waals surface area contributed by atoms with Crippen molar-refractivity contribution in [2.24, 2.45) is 5.41 Å². The standard InChI is InChI=1S/C17H23N5O4S3/c1-5-18-29(24,25)16-12(23)11(9-27-16)19-14-15(22-28-21-14)20-13(17(2,3)4)10-6-7-26-8-10/h6-9,13,18,23H,5H2,1-4H3,(H,19,21)(H,20,22)/t13-/m0/s1. The Morgan fingerprint density at radius 2 is 2.00 bits per heavy atom. The van der Waals surface area contributed by atoms with Gasteiger partial charge in [0, 0.05) is 17.5 Å². The van der Waals surface area contributed by atoms with E-state index >= 15 is 0 Å². The second-order valence-electron chi connectivity index (χ2n) is 7.37. The van der Waals surface area contributed by atoms with Gasteiger partial charge in [0.2, 0.25) is 0 Å². The van der Waals surface area contributed by atoms with Crippen molar-refractivity contribution in [1.29, 1.82) is 0 Å². The molecule has 4 N–H and O–H groups in total. The van der Waals surface area contributed by atoms with Crippen molar-refractivity contribution in [3.05, 3.63) is 29.5 Å². The minimum atomic E-state index is -3.76. The molecule has 0 aliphatic rings.